The summed E-state index contributed by atoms with van der Waals surface area (Å²) in [4.78, 5) is 16.5. The molecule has 7 heteroatoms. The van der Waals surface area contributed by atoms with E-state index in [2.05, 4.69) is 20.5 Å². The van der Waals surface area contributed by atoms with Crippen LogP contribution in [0.4, 0.5) is 5.69 Å². The Bertz CT molecular complexity index is 975. The molecule has 0 radical (unpaired) electrons. The third-order valence-electron chi connectivity index (χ3n) is 3.72. The van der Waals surface area contributed by atoms with Gasteiger partial charge in [0.1, 0.15) is 12.7 Å². The number of aromatic nitrogens is 5. The Morgan fingerprint density at radius 2 is 1.76 bits per heavy atom. The zero-order valence-electron chi connectivity index (χ0n) is 13.1. The van der Waals surface area contributed by atoms with Gasteiger partial charge in [0.05, 0.1) is 17.1 Å². The van der Waals surface area contributed by atoms with Gasteiger partial charge >= 0.3 is 0 Å². The molecular weight excluding hydrogens is 316 g/mol. The normalized spacial score (nSPS) is 10.6. The van der Waals surface area contributed by atoms with Crippen molar-refractivity contribution in [2.45, 2.75) is 0 Å². The number of benzene rings is 2. The van der Waals surface area contributed by atoms with Crippen molar-refractivity contribution in [3.63, 3.8) is 0 Å². The van der Waals surface area contributed by atoms with E-state index >= 15 is 0 Å². The van der Waals surface area contributed by atoms with Gasteiger partial charge in [-0.1, -0.05) is 12.1 Å². The van der Waals surface area contributed by atoms with Crippen LogP contribution in [0.15, 0.2) is 79.6 Å². The van der Waals surface area contributed by atoms with E-state index in [-0.39, 0.29) is 5.91 Å². The molecule has 0 spiro atoms. The molecule has 2 aromatic carbocycles. The molecule has 7 nitrogen and oxygen atoms in total. The van der Waals surface area contributed by atoms with Gasteiger partial charge in [-0.15, -0.1) is 0 Å². The fourth-order valence-electron chi connectivity index (χ4n) is 2.49. The lowest BCUT2D eigenvalue weighted by atomic mass is 10.2. The Balaban J connectivity index is 1.57. The molecule has 0 aliphatic rings. The number of hydrogen-bond acceptors (Lipinski definition) is 4. The summed E-state index contributed by atoms with van der Waals surface area (Å²) in [6, 6.07) is 16.5. The predicted octanol–water partition coefficient (Wildman–Crippen LogP) is 2.71. The first-order valence-corrected chi connectivity index (χ1v) is 7.67. The molecule has 2 heterocycles. The highest BCUT2D eigenvalue weighted by atomic mass is 16.1. The van der Waals surface area contributed by atoms with Crippen molar-refractivity contribution in [3.05, 3.63) is 85.2 Å². The van der Waals surface area contributed by atoms with E-state index in [1.807, 2.05) is 48.7 Å². The third-order valence-corrected chi connectivity index (χ3v) is 3.72. The van der Waals surface area contributed by atoms with Gasteiger partial charge in [0, 0.05) is 18.0 Å². The lowest BCUT2D eigenvalue weighted by molar-refractivity contribution is 0.102. The Morgan fingerprint density at radius 1 is 0.920 bits per heavy atom. The standard InChI is InChI=1S/C18H14N6O/c25-18(14-6-8-15(9-7-14)23-11-3-10-20-23)22-16-4-1-2-5-17(16)24-13-19-12-21-24/h1-13H,(H,22,25). The van der Waals surface area contributed by atoms with E-state index in [9.17, 15) is 4.79 Å². The van der Waals surface area contributed by atoms with Crippen molar-refractivity contribution >= 4 is 11.6 Å². The fraction of sp³-hybridized carbons (Fsp3) is 0. The fourth-order valence-corrected chi connectivity index (χ4v) is 2.49. The van der Waals surface area contributed by atoms with Gasteiger partial charge in [-0.05, 0) is 42.5 Å². The molecule has 0 aliphatic heterocycles. The molecule has 0 fully saturated rings. The molecule has 2 aromatic heterocycles. The number of hydrogen-bond donors (Lipinski definition) is 1. The number of carbonyl (C=O) groups excluding carboxylic acids is 1. The summed E-state index contributed by atoms with van der Waals surface area (Å²) < 4.78 is 3.35. The Hall–Kier alpha value is -3.74. The van der Waals surface area contributed by atoms with Crippen LogP contribution >= 0.6 is 0 Å². The first-order chi connectivity index (χ1) is 12.3. The van der Waals surface area contributed by atoms with Gasteiger partial charge in [0.2, 0.25) is 0 Å². The van der Waals surface area contributed by atoms with E-state index in [1.165, 1.54) is 6.33 Å². The number of rotatable bonds is 4. The van der Waals surface area contributed by atoms with Crippen LogP contribution in [0.1, 0.15) is 10.4 Å². The summed E-state index contributed by atoms with van der Waals surface area (Å²) in [7, 11) is 0. The van der Waals surface area contributed by atoms with E-state index in [4.69, 9.17) is 0 Å². The van der Waals surface area contributed by atoms with Crippen molar-refractivity contribution < 1.29 is 4.79 Å². The Labute approximate surface area is 143 Å². The van der Waals surface area contributed by atoms with Gasteiger partial charge < -0.3 is 5.32 Å². The quantitative estimate of drug-likeness (QED) is 0.624. The Morgan fingerprint density at radius 3 is 2.48 bits per heavy atom. The van der Waals surface area contributed by atoms with Crippen LogP contribution < -0.4 is 5.32 Å². The average Bonchev–Trinajstić information content (AvgIpc) is 3.36. The summed E-state index contributed by atoms with van der Waals surface area (Å²) in [5.41, 5.74) is 2.87. The predicted molar refractivity (Wildman–Crippen MR) is 92.9 cm³/mol. The van der Waals surface area contributed by atoms with E-state index < -0.39 is 0 Å². The maximum Gasteiger partial charge on any atom is 0.255 e. The molecule has 0 aliphatic carbocycles. The van der Waals surface area contributed by atoms with Crippen molar-refractivity contribution in [1.29, 1.82) is 0 Å². The van der Waals surface area contributed by atoms with Gasteiger partial charge in [-0.3, -0.25) is 4.79 Å². The van der Waals surface area contributed by atoms with Crippen molar-refractivity contribution in [2.24, 2.45) is 0 Å². The lowest BCUT2D eigenvalue weighted by Gasteiger charge is -2.11. The third kappa shape index (κ3) is 3.02. The lowest BCUT2D eigenvalue weighted by Crippen LogP contribution is -2.14. The van der Waals surface area contributed by atoms with Crippen LogP contribution in [0, 0.1) is 0 Å². The topological polar surface area (TPSA) is 77.6 Å². The molecule has 1 amide bonds. The molecule has 25 heavy (non-hydrogen) atoms. The van der Waals surface area contributed by atoms with Crippen LogP contribution in [0.2, 0.25) is 0 Å². The highest BCUT2D eigenvalue weighted by Gasteiger charge is 2.10. The average molecular weight is 330 g/mol. The summed E-state index contributed by atoms with van der Waals surface area (Å²) in [5.74, 6) is -0.195. The van der Waals surface area contributed by atoms with Crippen LogP contribution in [0.3, 0.4) is 0 Å². The minimum atomic E-state index is -0.195. The molecule has 122 valence electrons. The second kappa shape index (κ2) is 6.40. The van der Waals surface area contributed by atoms with Crippen LogP contribution in [0.25, 0.3) is 11.4 Å². The largest absolute Gasteiger partial charge is 0.320 e. The van der Waals surface area contributed by atoms with E-state index in [0.717, 1.165) is 11.4 Å². The van der Waals surface area contributed by atoms with Gasteiger partial charge in [0.25, 0.3) is 5.91 Å². The molecule has 4 rings (SSSR count). The monoisotopic (exact) mass is 330 g/mol. The highest BCUT2D eigenvalue weighted by Crippen LogP contribution is 2.20. The van der Waals surface area contributed by atoms with E-state index in [1.54, 1.807) is 34.0 Å². The zero-order chi connectivity index (χ0) is 17.1. The zero-order valence-corrected chi connectivity index (χ0v) is 13.1. The second-order valence-corrected chi connectivity index (χ2v) is 5.31. The minimum absolute atomic E-state index is 0.195. The molecule has 0 atom stereocenters. The van der Waals surface area contributed by atoms with Crippen molar-refractivity contribution in [3.8, 4) is 11.4 Å². The van der Waals surface area contributed by atoms with Crippen molar-refractivity contribution in [2.75, 3.05) is 5.32 Å². The number of para-hydroxylation sites is 2. The van der Waals surface area contributed by atoms with Crippen LogP contribution in [0.5, 0.6) is 0 Å². The van der Waals surface area contributed by atoms with Crippen molar-refractivity contribution in [1.82, 2.24) is 24.5 Å². The van der Waals surface area contributed by atoms with Crippen LogP contribution in [-0.4, -0.2) is 30.5 Å². The molecule has 0 saturated carbocycles. The molecule has 0 bridgehead atoms. The first kappa shape index (κ1) is 14.8. The molecule has 0 unspecified atom stereocenters. The summed E-state index contributed by atoms with van der Waals surface area (Å²) in [6.07, 6.45) is 6.60. The molecule has 1 N–H and O–H groups in total. The Kier molecular flexibility index (Phi) is 3.80. The molecule has 4 aromatic rings. The number of amides is 1. The minimum Gasteiger partial charge on any atom is -0.320 e. The number of nitrogens with zero attached hydrogens (tertiary/aromatic N) is 5. The second-order valence-electron chi connectivity index (χ2n) is 5.31. The van der Waals surface area contributed by atoms with Gasteiger partial charge in [-0.25, -0.2) is 14.3 Å². The maximum absolute atomic E-state index is 12.6. The van der Waals surface area contributed by atoms with Gasteiger partial charge in [0.15, 0.2) is 0 Å². The number of anilines is 1. The SMILES string of the molecule is O=C(Nc1ccccc1-n1cncn1)c1ccc(-n2cccn2)cc1. The molecular formula is C18H14N6O. The number of carbonyl (C=O) groups is 1. The summed E-state index contributed by atoms with van der Waals surface area (Å²) in [5, 5.41) is 11.2. The smallest absolute Gasteiger partial charge is 0.255 e. The first-order valence-electron chi connectivity index (χ1n) is 7.67. The highest BCUT2D eigenvalue weighted by molar-refractivity contribution is 6.05. The number of nitrogens with one attached hydrogen (secondary N) is 1. The molecule has 0 saturated heterocycles. The maximum atomic E-state index is 12.6. The van der Waals surface area contributed by atoms with E-state index in [0.29, 0.717) is 11.3 Å². The van der Waals surface area contributed by atoms with Gasteiger partial charge in [-0.2, -0.15) is 10.2 Å². The summed E-state index contributed by atoms with van der Waals surface area (Å²) >= 11 is 0. The van der Waals surface area contributed by atoms with Crippen LogP contribution in [-0.2, 0) is 0 Å². The summed E-state index contributed by atoms with van der Waals surface area (Å²) in [6.45, 7) is 0.